The number of nitrogens with one attached hydrogen (secondary N) is 1. The fourth-order valence-electron chi connectivity index (χ4n) is 2.35. The highest BCUT2D eigenvalue weighted by Crippen LogP contribution is 2.18. The number of phenolic OH excluding ortho intramolecular Hbond substituents is 1. The van der Waals surface area contributed by atoms with Crippen molar-refractivity contribution in [3.05, 3.63) is 57.6 Å². The molecular weight excluding hydrogens is 312 g/mol. The van der Waals surface area contributed by atoms with Crippen molar-refractivity contribution in [1.29, 1.82) is 0 Å². The number of aromatic hydroxyl groups is 1. The number of phenols is 1. The summed E-state index contributed by atoms with van der Waals surface area (Å²) in [6.45, 7) is 2.69. The minimum absolute atomic E-state index is 0.0370. The second kappa shape index (κ2) is 6.26. The third kappa shape index (κ3) is 2.98. The summed E-state index contributed by atoms with van der Waals surface area (Å²) in [5.74, 6) is 0.784. The van der Waals surface area contributed by atoms with Crippen molar-refractivity contribution in [1.82, 2.24) is 9.55 Å². The number of rotatable bonds is 4. The van der Waals surface area contributed by atoms with Crippen molar-refractivity contribution in [2.75, 3.05) is 6.61 Å². The van der Waals surface area contributed by atoms with Gasteiger partial charge in [0.15, 0.2) is 4.77 Å². The number of benzene rings is 2. The van der Waals surface area contributed by atoms with Gasteiger partial charge in [-0.3, -0.25) is 9.36 Å². The molecule has 6 heteroatoms. The van der Waals surface area contributed by atoms with E-state index in [0.29, 0.717) is 28.0 Å². The monoisotopic (exact) mass is 328 g/mol. The summed E-state index contributed by atoms with van der Waals surface area (Å²) in [5.41, 5.74) is 0.962. The highest BCUT2D eigenvalue weighted by Gasteiger charge is 2.08. The molecule has 0 saturated carbocycles. The van der Waals surface area contributed by atoms with Gasteiger partial charge in [0.25, 0.3) is 5.56 Å². The Balaban J connectivity index is 2.12. The van der Waals surface area contributed by atoms with Crippen molar-refractivity contribution in [3.8, 4) is 17.2 Å². The van der Waals surface area contributed by atoms with Crippen LogP contribution in [0.3, 0.4) is 0 Å². The minimum Gasteiger partial charge on any atom is -0.508 e. The molecule has 1 aromatic heterocycles. The Morgan fingerprint density at radius 2 is 1.96 bits per heavy atom. The maximum Gasteiger partial charge on any atom is 0.266 e. The van der Waals surface area contributed by atoms with Crippen LogP contribution < -0.4 is 10.3 Å². The van der Waals surface area contributed by atoms with Crippen molar-refractivity contribution < 1.29 is 9.84 Å². The molecule has 0 spiro atoms. The van der Waals surface area contributed by atoms with E-state index in [0.717, 1.165) is 12.2 Å². The number of aromatic nitrogens is 2. The number of aromatic amines is 1. The second-order valence-corrected chi connectivity index (χ2v) is 5.53. The van der Waals surface area contributed by atoms with Gasteiger partial charge in [0, 0.05) is 0 Å². The Hall–Kier alpha value is -2.60. The number of hydrogen-bond acceptors (Lipinski definition) is 4. The maximum atomic E-state index is 12.7. The Morgan fingerprint density at radius 1 is 1.22 bits per heavy atom. The first-order valence-corrected chi connectivity index (χ1v) is 7.72. The highest BCUT2D eigenvalue weighted by molar-refractivity contribution is 7.71. The lowest BCUT2D eigenvalue weighted by molar-refractivity contribution is 0.317. The van der Waals surface area contributed by atoms with Crippen LogP contribution >= 0.6 is 12.2 Å². The Bertz CT molecular complexity index is 958. The molecule has 0 atom stereocenters. The van der Waals surface area contributed by atoms with Crippen molar-refractivity contribution in [2.24, 2.45) is 0 Å². The van der Waals surface area contributed by atoms with E-state index < -0.39 is 0 Å². The smallest absolute Gasteiger partial charge is 0.266 e. The van der Waals surface area contributed by atoms with Gasteiger partial charge in [0.2, 0.25) is 0 Å². The fraction of sp³-hybridized carbons (Fsp3) is 0.176. The molecule has 0 aliphatic heterocycles. The van der Waals surface area contributed by atoms with Crippen molar-refractivity contribution in [2.45, 2.75) is 13.3 Å². The zero-order chi connectivity index (χ0) is 16.4. The molecular formula is C17H16N2O3S. The first-order valence-electron chi connectivity index (χ1n) is 7.31. The first kappa shape index (κ1) is 15.3. The van der Waals surface area contributed by atoms with Gasteiger partial charge in [-0.2, -0.15) is 0 Å². The van der Waals surface area contributed by atoms with Gasteiger partial charge in [0.1, 0.15) is 11.5 Å². The summed E-state index contributed by atoms with van der Waals surface area (Å²) in [6, 6.07) is 11.7. The predicted molar refractivity (Wildman–Crippen MR) is 92.2 cm³/mol. The Morgan fingerprint density at radius 3 is 2.65 bits per heavy atom. The molecule has 2 N–H and O–H groups in total. The standard InChI is InChI=1S/C17H16N2O3S/c1-2-9-22-13-6-3-11(4-7-13)19-16(21)14-10-12(20)5-8-15(14)18-17(19)23/h3-8,10,20H,2,9H2,1H3,(H,18,23). The summed E-state index contributed by atoms with van der Waals surface area (Å²) in [4.78, 5) is 15.7. The third-order valence-corrected chi connectivity index (χ3v) is 3.73. The molecule has 0 bridgehead atoms. The average Bonchev–Trinajstić information content (AvgIpc) is 2.55. The normalized spacial score (nSPS) is 10.8. The quantitative estimate of drug-likeness (QED) is 0.719. The molecule has 0 fully saturated rings. The van der Waals surface area contributed by atoms with Crippen LogP contribution in [0.25, 0.3) is 16.6 Å². The fourth-order valence-corrected chi connectivity index (χ4v) is 2.65. The zero-order valence-corrected chi connectivity index (χ0v) is 13.4. The second-order valence-electron chi connectivity index (χ2n) is 5.14. The van der Waals surface area contributed by atoms with Crippen LogP contribution in [-0.2, 0) is 0 Å². The van der Waals surface area contributed by atoms with Crippen molar-refractivity contribution >= 4 is 23.1 Å². The molecule has 23 heavy (non-hydrogen) atoms. The molecule has 0 aliphatic carbocycles. The summed E-state index contributed by atoms with van der Waals surface area (Å²) in [7, 11) is 0. The number of fused-ring (bicyclic) bond motifs is 1. The summed E-state index contributed by atoms with van der Waals surface area (Å²) >= 11 is 5.30. The van der Waals surface area contributed by atoms with Crippen LogP contribution in [0.15, 0.2) is 47.3 Å². The van der Waals surface area contributed by atoms with E-state index in [1.54, 1.807) is 30.3 Å². The molecule has 5 nitrogen and oxygen atoms in total. The zero-order valence-electron chi connectivity index (χ0n) is 12.6. The lowest BCUT2D eigenvalue weighted by atomic mass is 10.2. The van der Waals surface area contributed by atoms with E-state index >= 15 is 0 Å². The lowest BCUT2D eigenvalue weighted by Crippen LogP contribution is -2.20. The van der Waals surface area contributed by atoms with Crippen LogP contribution in [0.1, 0.15) is 13.3 Å². The van der Waals surface area contributed by atoms with E-state index in [-0.39, 0.29) is 11.3 Å². The maximum absolute atomic E-state index is 12.7. The van der Waals surface area contributed by atoms with Gasteiger partial charge in [0.05, 0.1) is 23.2 Å². The predicted octanol–water partition coefficient (Wildman–Crippen LogP) is 3.54. The van der Waals surface area contributed by atoms with Gasteiger partial charge in [-0.1, -0.05) is 6.92 Å². The van der Waals surface area contributed by atoms with Gasteiger partial charge >= 0.3 is 0 Å². The number of ether oxygens (including phenoxy) is 1. The van der Waals surface area contributed by atoms with Crippen LogP contribution in [0.2, 0.25) is 0 Å². The molecule has 1 heterocycles. The van der Waals surface area contributed by atoms with Gasteiger partial charge in [-0.15, -0.1) is 0 Å². The summed E-state index contributed by atoms with van der Waals surface area (Å²) in [6.07, 6.45) is 0.931. The molecule has 0 unspecified atom stereocenters. The van der Waals surface area contributed by atoms with E-state index in [4.69, 9.17) is 17.0 Å². The SMILES string of the molecule is CCCOc1ccc(-n2c(=S)[nH]c3ccc(O)cc3c2=O)cc1. The molecule has 3 rings (SSSR count). The Labute approximate surface area is 137 Å². The molecule has 2 aromatic carbocycles. The molecule has 118 valence electrons. The van der Waals surface area contributed by atoms with E-state index in [1.165, 1.54) is 16.7 Å². The minimum atomic E-state index is -0.276. The van der Waals surface area contributed by atoms with Gasteiger partial charge < -0.3 is 14.8 Å². The number of hydrogen-bond donors (Lipinski definition) is 2. The molecule has 3 aromatic rings. The molecule has 0 aliphatic rings. The molecule has 0 radical (unpaired) electrons. The topological polar surface area (TPSA) is 67.2 Å². The van der Waals surface area contributed by atoms with Crippen LogP contribution in [0.4, 0.5) is 0 Å². The molecule has 0 amide bonds. The summed E-state index contributed by atoms with van der Waals surface area (Å²) < 4.78 is 7.24. The average molecular weight is 328 g/mol. The largest absolute Gasteiger partial charge is 0.508 e. The van der Waals surface area contributed by atoms with Gasteiger partial charge in [-0.25, -0.2) is 0 Å². The van der Waals surface area contributed by atoms with Gasteiger partial charge in [-0.05, 0) is 61.1 Å². The Kier molecular flexibility index (Phi) is 4.16. The summed E-state index contributed by atoms with van der Waals surface area (Å²) in [5, 5.41) is 9.98. The van der Waals surface area contributed by atoms with Crippen molar-refractivity contribution in [3.63, 3.8) is 0 Å². The van der Waals surface area contributed by atoms with Crippen LogP contribution in [0, 0.1) is 4.77 Å². The highest BCUT2D eigenvalue weighted by atomic mass is 32.1. The molecule has 0 saturated heterocycles. The number of nitrogens with zero attached hydrogens (tertiary/aromatic N) is 1. The first-order chi connectivity index (χ1) is 11.1. The van der Waals surface area contributed by atoms with E-state index in [1.807, 2.05) is 6.92 Å². The lowest BCUT2D eigenvalue weighted by Gasteiger charge is -2.10. The van der Waals surface area contributed by atoms with Crippen LogP contribution in [0.5, 0.6) is 11.5 Å². The van der Waals surface area contributed by atoms with Crippen LogP contribution in [-0.4, -0.2) is 21.3 Å². The van der Waals surface area contributed by atoms with E-state index in [9.17, 15) is 9.90 Å². The number of H-pyrrole nitrogens is 1. The van der Waals surface area contributed by atoms with E-state index in [2.05, 4.69) is 4.98 Å². The third-order valence-electron chi connectivity index (χ3n) is 3.45.